The first-order chi connectivity index (χ1) is 14.4. The number of hydrogen-bond acceptors (Lipinski definition) is 4. The van der Waals surface area contributed by atoms with Crippen LogP contribution in [0.2, 0.25) is 0 Å². The standard InChI is InChI=1S/C21H18FN3O3S2/c1-2-11-25-18-10-7-16(22)14-19(18)29-21(25)23-20(26)15-5-8-17(9-6-15)30(27,28)24-12-3-4-13-24/h1,5-10,14H,3-4,11-13H2. The summed E-state index contributed by atoms with van der Waals surface area (Å²) in [6.07, 6.45) is 7.14. The molecule has 1 amide bonds. The average molecular weight is 444 g/mol. The Kier molecular flexibility index (Phi) is 5.56. The van der Waals surface area contributed by atoms with Crippen LogP contribution in [0.5, 0.6) is 0 Å². The van der Waals surface area contributed by atoms with E-state index in [0.29, 0.717) is 28.1 Å². The molecule has 2 heterocycles. The van der Waals surface area contributed by atoms with E-state index in [1.54, 1.807) is 10.6 Å². The van der Waals surface area contributed by atoms with Crippen molar-refractivity contribution in [2.24, 2.45) is 4.99 Å². The van der Waals surface area contributed by atoms with Crippen LogP contribution in [0.1, 0.15) is 23.2 Å². The molecule has 0 aliphatic carbocycles. The maximum absolute atomic E-state index is 13.5. The third-order valence-electron chi connectivity index (χ3n) is 4.90. The third kappa shape index (κ3) is 3.81. The lowest BCUT2D eigenvalue weighted by Crippen LogP contribution is -2.27. The highest BCUT2D eigenvalue weighted by Gasteiger charge is 2.27. The maximum Gasteiger partial charge on any atom is 0.279 e. The SMILES string of the molecule is C#CCn1c(=NC(=O)c2ccc(S(=O)(=O)N3CCCC3)cc2)sc2cc(F)ccc21. The second kappa shape index (κ2) is 8.14. The quantitative estimate of drug-likeness (QED) is 0.582. The molecule has 1 aliphatic rings. The summed E-state index contributed by atoms with van der Waals surface area (Å²) in [5.74, 6) is 1.60. The van der Waals surface area contributed by atoms with Crippen molar-refractivity contribution in [2.75, 3.05) is 13.1 Å². The molecule has 3 aromatic rings. The van der Waals surface area contributed by atoms with Crippen molar-refractivity contribution in [1.29, 1.82) is 0 Å². The van der Waals surface area contributed by atoms with Gasteiger partial charge in [-0.2, -0.15) is 9.30 Å². The third-order valence-corrected chi connectivity index (χ3v) is 7.85. The van der Waals surface area contributed by atoms with E-state index in [9.17, 15) is 17.6 Å². The second-order valence-electron chi connectivity index (χ2n) is 6.84. The first-order valence-electron chi connectivity index (χ1n) is 9.32. The van der Waals surface area contributed by atoms with E-state index in [-0.39, 0.29) is 22.8 Å². The highest BCUT2D eigenvalue weighted by molar-refractivity contribution is 7.89. The van der Waals surface area contributed by atoms with E-state index < -0.39 is 15.9 Å². The van der Waals surface area contributed by atoms with E-state index in [1.165, 1.54) is 40.7 Å². The molecule has 0 bridgehead atoms. The number of carbonyl (C=O) groups is 1. The van der Waals surface area contributed by atoms with Gasteiger partial charge in [0, 0.05) is 18.7 Å². The van der Waals surface area contributed by atoms with E-state index in [0.717, 1.165) is 24.2 Å². The molecule has 9 heteroatoms. The number of terminal acetylenes is 1. The fourth-order valence-electron chi connectivity index (χ4n) is 3.37. The Bertz CT molecular complexity index is 1330. The highest BCUT2D eigenvalue weighted by atomic mass is 32.2. The molecular weight excluding hydrogens is 425 g/mol. The predicted molar refractivity (Wildman–Crippen MR) is 113 cm³/mol. The molecule has 0 unspecified atom stereocenters. The zero-order chi connectivity index (χ0) is 21.3. The van der Waals surface area contributed by atoms with Gasteiger partial charge in [0.1, 0.15) is 5.82 Å². The van der Waals surface area contributed by atoms with Crippen LogP contribution in [-0.2, 0) is 16.6 Å². The molecule has 6 nitrogen and oxygen atoms in total. The van der Waals surface area contributed by atoms with Crippen LogP contribution in [0, 0.1) is 18.2 Å². The van der Waals surface area contributed by atoms with Crippen molar-refractivity contribution >= 4 is 37.5 Å². The van der Waals surface area contributed by atoms with Gasteiger partial charge < -0.3 is 4.57 Å². The van der Waals surface area contributed by atoms with Gasteiger partial charge >= 0.3 is 0 Å². The minimum atomic E-state index is -3.54. The number of thiazole rings is 1. The Morgan fingerprint density at radius 2 is 1.87 bits per heavy atom. The van der Waals surface area contributed by atoms with Crippen LogP contribution in [0.25, 0.3) is 10.2 Å². The summed E-state index contributed by atoms with van der Waals surface area (Å²) in [6, 6.07) is 10.0. The number of amides is 1. The average Bonchev–Trinajstić information content (AvgIpc) is 3.38. The number of sulfonamides is 1. The molecule has 0 atom stereocenters. The number of aromatic nitrogens is 1. The molecule has 1 fully saturated rings. The lowest BCUT2D eigenvalue weighted by atomic mass is 10.2. The number of carbonyl (C=O) groups excluding carboxylic acids is 1. The molecule has 1 aromatic heterocycles. The molecular formula is C21H18FN3O3S2. The van der Waals surface area contributed by atoms with Crippen molar-refractivity contribution in [3.05, 3.63) is 58.6 Å². The molecule has 2 aromatic carbocycles. The maximum atomic E-state index is 13.5. The minimum absolute atomic E-state index is 0.153. The summed E-state index contributed by atoms with van der Waals surface area (Å²) in [7, 11) is -3.54. The fraction of sp³-hybridized carbons (Fsp3) is 0.238. The molecule has 0 radical (unpaired) electrons. The van der Waals surface area contributed by atoms with Gasteiger partial charge in [-0.15, -0.1) is 6.42 Å². The van der Waals surface area contributed by atoms with Gasteiger partial charge in [0.15, 0.2) is 4.80 Å². The first-order valence-corrected chi connectivity index (χ1v) is 11.6. The van der Waals surface area contributed by atoms with E-state index in [4.69, 9.17) is 6.42 Å². The summed E-state index contributed by atoms with van der Waals surface area (Å²) in [5.41, 5.74) is 0.948. The number of benzene rings is 2. The van der Waals surface area contributed by atoms with Gasteiger partial charge in [-0.05, 0) is 55.3 Å². The summed E-state index contributed by atoms with van der Waals surface area (Å²) in [5, 5.41) is 0. The molecule has 30 heavy (non-hydrogen) atoms. The lowest BCUT2D eigenvalue weighted by Gasteiger charge is -2.15. The minimum Gasteiger partial charge on any atom is -0.305 e. The Hall–Kier alpha value is -2.80. The van der Waals surface area contributed by atoms with Gasteiger partial charge in [-0.1, -0.05) is 17.3 Å². The van der Waals surface area contributed by atoms with Crippen LogP contribution in [0.4, 0.5) is 4.39 Å². The monoisotopic (exact) mass is 443 g/mol. The molecule has 0 N–H and O–H groups in total. The number of nitrogens with zero attached hydrogens (tertiary/aromatic N) is 3. The summed E-state index contributed by atoms with van der Waals surface area (Å²) < 4.78 is 42.5. The number of rotatable bonds is 4. The van der Waals surface area contributed by atoms with E-state index >= 15 is 0 Å². The van der Waals surface area contributed by atoms with Gasteiger partial charge in [0.2, 0.25) is 10.0 Å². The second-order valence-corrected chi connectivity index (χ2v) is 9.79. The van der Waals surface area contributed by atoms with Crippen molar-refractivity contribution in [2.45, 2.75) is 24.3 Å². The van der Waals surface area contributed by atoms with Crippen LogP contribution >= 0.6 is 11.3 Å². The normalized spacial score (nSPS) is 15.5. The molecule has 4 rings (SSSR count). The van der Waals surface area contributed by atoms with Gasteiger partial charge in [0.05, 0.1) is 21.7 Å². The number of fused-ring (bicyclic) bond motifs is 1. The van der Waals surface area contributed by atoms with E-state index in [2.05, 4.69) is 10.9 Å². The Morgan fingerprint density at radius 1 is 1.17 bits per heavy atom. The molecule has 1 saturated heterocycles. The van der Waals surface area contributed by atoms with Crippen molar-refractivity contribution in [1.82, 2.24) is 8.87 Å². The largest absolute Gasteiger partial charge is 0.305 e. The first kappa shape index (κ1) is 20.5. The zero-order valence-electron chi connectivity index (χ0n) is 15.9. The molecule has 0 saturated carbocycles. The molecule has 0 spiro atoms. The van der Waals surface area contributed by atoms with Crippen LogP contribution in [0.15, 0.2) is 52.4 Å². The van der Waals surface area contributed by atoms with Gasteiger partial charge in [-0.3, -0.25) is 4.79 Å². The van der Waals surface area contributed by atoms with Gasteiger partial charge in [0.25, 0.3) is 5.91 Å². The topological polar surface area (TPSA) is 71.7 Å². The van der Waals surface area contributed by atoms with E-state index in [1.807, 2.05) is 0 Å². The van der Waals surface area contributed by atoms with Crippen molar-refractivity contribution in [3.8, 4) is 12.3 Å². The Labute approximate surface area is 177 Å². The van der Waals surface area contributed by atoms with Crippen molar-refractivity contribution < 1.29 is 17.6 Å². The van der Waals surface area contributed by atoms with Crippen LogP contribution in [-0.4, -0.2) is 36.3 Å². The molecule has 1 aliphatic heterocycles. The van der Waals surface area contributed by atoms with Crippen LogP contribution in [0.3, 0.4) is 0 Å². The Balaban J connectivity index is 1.68. The Morgan fingerprint density at radius 3 is 2.53 bits per heavy atom. The van der Waals surface area contributed by atoms with Gasteiger partial charge in [-0.25, -0.2) is 12.8 Å². The molecule has 154 valence electrons. The fourth-order valence-corrected chi connectivity index (χ4v) is 5.94. The summed E-state index contributed by atoms with van der Waals surface area (Å²) in [4.78, 5) is 17.3. The summed E-state index contributed by atoms with van der Waals surface area (Å²) >= 11 is 1.16. The number of hydrogen-bond donors (Lipinski definition) is 0. The lowest BCUT2D eigenvalue weighted by molar-refractivity contribution is 0.0998. The summed E-state index contributed by atoms with van der Waals surface area (Å²) in [6.45, 7) is 1.21. The highest BCUT2D eigenvalue weighted by Crippen LogP contribution is 2.22. The van der Waals surface area contributed by atoms with Crippen molar-refractivity contribution in [3.63, 3.8) is 0 Å². The zero-order valence-corrected chi connectivity index (χ0v) is 17.5. The predicted octanol–water partition coefficient (Wildman–Crippen LogP) is 3.00. The number of halogens is 1. The van der Waals surface area contributed by atoms with Crippen LogP contribution < -0.4 is 4.80 Å². The smallest absolute Gasteiger partial charge is 0.279 e.